The second-order valence-corrected chi connectivity index (χ2v) is 7.05. The minimum atomic E-state index is 0.324. The molecule has 0 atom stereocenters. The van der Waals surface area contributed by atoms with Crippen molar-refractivity contribution in [2.45, 2.75) is 32.6 Å². The van der Waals surface area contributed by atoms with Crippen LogP contribution in [-0.2, 0) is 10.5 Å². The van der Waals surface area contributed by atoms with E-state index in [9.17, 15) is 0 Å². The van der Waals surface area contributed by atoms with Crippen LogP contribution in [0.5, 0.6) is 0 Å². The van der Waals surface area contributed by atoms with Crippen LogP contribution in [-0.4, -0.2) is 23.4 Å². The van der Waals surface area contributed by atoms with Gasteiger partial charge < -0.3 is 4.74 Å². The van der Waals surface area contributed by atoms with Crippen LogP contribution in [0.3, 0.4) is 0 Å². The van der Waals surface area contributed by atoms with E-state index >= 15 is 0 Å². The lowest BCUT2D eigenvalue weighted by Crippen LogP contribution is -2.05. The molecule has 20 heavy (non-hydrogen) atoms. The molecule has 2 nitrogen and oxygen atoms in total. The van der Waals surface area contributed by atoms with Crippen LogP contribution in [0.15, 0.2) is 30.3 Å². The van der Waals surface area contributed by atoms with Crippen LogP contribution in [0.25, 0.3) is 10.6 Å². The largest absolute Gasteiger partial charge is 0.378 e. The number of thiazole rings is 1. The van der Waals surface area contributed by atoms with Gasteiger partial charge in [0.05, 0.1) is 18.4 Å². The van der Waals surface area contributed by atoms with Crippen molar-refractivity contribution < 1.29 is 4.74 Å². The summed E-state index contributed by atoms with van der Waals surface area (Å²) in [5.74, 6) is 2.06. The van der Waals surface area contributed by atoms with Crippen LogP contribution in [0.2, 0.25) is 0 Å². The van der Waals surface area contributed by atoms with Gasteiger partial charge in [-0.25, -0.2) is 4.98 Å². The molecule has 4 heteroatoms. The number of nitrogens with zero attached hydrogens (tertiary/aromatic N) is 1. The number of ether oxygens (including phenoxy) is 1. The van der Waals surface area contributed by atoms with Crippen LogP contribution < -0.4 is 0 Å². The topological polar surface area (TPSA) is 22.1 Å². The quantitative estimate of drug-likeness (QED) is 0.687. The molecule has 2 rings (SSSR count). The first-order valence-corrected chi connectivity index (χ1v) is 8.85. The average molecular weight is 307 g/mol. The maximum Gasteiger partial charge on any atom is 0.123 e. The molecule has 1 aromatic heterocycles. The van der Waals surface area contributed by atoms with E-state index in [-0.39, 0.29) is 0 Å². The highest BCUT2D eigenvalue weighted by atomic mass is 32.2. The first kappa shape index (κ1) is 15.5. The fourth-order valence-electron chi connectivity index (χ4n) is 1.77. The molecule has 0 fully saturated rings. The smallest absolute Gasteiger partial charge is 0.123 e. The molecule has 0 aliphatic carbocycles. The number of thioether (sulfide) groups is 1. The number of hydrogen-bond acceptors (Lipinski definition) is 4. The fourth-order valence-corrected chi connectivity index (χ4v) is 3.88. The Morgan fingerprint density at radius 3 is 2.70 bits per heavy atom. The molecular formula is C16H21NOS2. The maximum atomic E-state index is 5.55. The van der Waals surface area contributed by atoms with E-state index in [4.69, 9.17) is 4.74 Å². The summed E-state index contributed by atoms with van der Waals surface area (Å²) < 4.78 is 5.55. The summed E-state index contributed by atoms with van der Waals surface area (Å²) in [5, 5.41) is 1.12. The third-order valence-corrected chi connectivity index (χ3v) is 5.16. The second kappa shape index (κ2) is 7.81. The molecule has 0 aliphatic heterocycles. The van der Waals surface area contributed by atoms with Gasteiger partial charge in [0.25, 0.3) is 0 Å². The molecule has 0 N–H and O–H groups in total. The normalized spacial score (nSPS) is 11.2. The Morgan fingerprint density at radius 1 is 1.25 bits per heavy atom. The summed E-state index contributed by atoms with van der Waals surface area (Å²) in [7, 11) is 0. The van der Waals surface area contributed by atoms with E-state index in [2.05, 4.69) is 50.0 Å². The molecule has 0 spiro atoms. The van der Waals surface area contributed by atoms with Crippen LogP contribution in [0.1, 0.15) is 24.4 Å². The highest BCUT2D eigenvalue weighted by molar-refractivity contribution is 7.98. The molecule has 0 bridgehead atoms. The number of benzene rings is 1. The third kappa shape index (κ3) is 4.62. The highest BCUT2D eigenvalue weighted by Crippen LogP contribution is 2.30. The van der Waals surface area contributed by atoms with Crippen molar-refractivity contribution in [3.63, 3.8) is 0 Å². The molecule has 108 valence electrons. The SMILES string of the molecule is Cc1nc(-c2ccccc2)sc1CSCCOC(C)C. The minimum Gasteiger partial charge on any atom is -0.378 e. The number of aromatic nitrogens is 1. The van der Waals surface area contributed by atoms with Gasteiger partial charge in [0.15, 0.2) is 0 Å². The Kier molecular flexibility index (Phi) is 6.07. The Bertz CT molecular complexity index is 523. The molecule has 1 heterocycles. The molecule has 2 aromatic rings. The summed E-state index contributed by atoms with van der Waals surface area (Å²) in [4.78, 5) is 6.06. The van der Waals surface area contributed by atoms with Gasteiger partial charge >= 0.3 is 0 Å². The van der Waals surface area contributed by atoms with Gasteiger partial charge in [0.1, 0.15) is 5.01 Å². The predicted octanol–water partition coefficient (Wildman–Crippen LogP) is 4.78. The van der Waals surface area contributed by atoms with E-state index in [1.807, 2.05) is 17.8 Å². The zero-order valence-corrected chi connectivity index (χ0v) is 13.9. The molecule has 0 amide bonds. The Labute approximate surface area is 129 Å². The van der Waals surface area contributed by atoms with Crippen molar-refractivity contribution in [1.82, 2.24) is 4.98 Å². The van der Waals surface area contributed by atoms with Gasteiger partial charge in [-0.1, -0.05) is 30.3 Å². The van der Waals surface area contributed by atoms with Gasteiger partial charge in [-0.15, -0.1) is 11.3 Å². The molecule has 0 aliphatic rings. The van der Waals surface area contributed by atoms with Crippen LogP contribution in [0, 0.1) is 6.92 Å². The van der Waals surface area contributed by atoms with Crippen LogP contribution in [0.4, 0.5) is 0 Å². The van der Waals surface area contributed by atoms with E-state index in [1.165, 1.54) is 10.4 Å². The molecule has 0 unspecified atom stereocenters. The van der Waals surface area contributed by atoms with Crippen molar-refractivity contribution in [2.75, 3.05) is 12.4 Å². The number of aryl methyl sites for hydroxylation is 1. The van der Waals surface area contributed by atoms with Gasteiger partial charge in [0, 0.05) is 21.9 Å². The van der Waals surface area contributed by atoms with Gasteiger partial charge in [-0.05, 0) is 20.8 Å². The van der Waals surface area contributed by atoms with Crippen molar-refractivity contribution in [2.24, 2.45) is 0 Å². The summed E-state index contributed by atoms with van der Waals surface area (Å²) in [6.45, 7) is 7.07. The maximum absolute atomic E-state index is 5.55. The molecule has 0 saturated heterocycles. The van der Waals surface area contributed by atoms with Gasteiger partial charge in [0.2, 0.25) is 0 Å². The van der Waals surface area contributed by atoms with E-state index in [1.54, 1.807) is 11.3 Å². The average Bonchev–Trinajstić information content (AvgIpc) is 2.81. The Morgan fingerprint density at radius 2 is 2.00 bits per heavy atom. The lowest BCUT2D eigenvalue weighted by Gasteiger charge is -2.06. The Hall–Kier alpha value is -0.840. The minimum absolute atomic E-state index is 0.324. The van der Waals surface area contributed by atoms with Gasteiger partial charge in [-0.3, -0.25) is 0 Å². The summed E-state index contributed by atoms with van der Waals surface area (Å²) >= 11 is 3.72. The summed E-state index contributed by atoms with van der Waals surface area (Å²) in [6, 6.07) is 10.4. The van der Waals surface area contributed by atoms with E-state index < -0.39 is 0 Å². The first-order valence-electron chi connectivity index (χ1n) is 6.88. The molecule has 1 aromatic carbocycles. The van der Waals surface area contributed by atoms with Crippen molar-refractivity contribution in [3.8, 4) is 10.6 Å². The molecule has 0 saturated carbocycles. The van der Waals surface area contributed by atoms with E-state index in [0.29, 0.717) is 6.10 Å². The predicted molar refractivity (Wildman–Crippen MR) is 89.5 cm³/mol. The van der Waals surface area contributed by atoms with E-state index in [0.717, 1.165) is 28.8 Å². The first-order chi connectivity index (χ1) is 9.66. The number of hydrogen-bond donors (Lipinski definition) is 0. The highest BCUT2D eigenvalue weighted by Gasteiger charge is 2.09. The van der Waals surface area contributed by atoms with Crippen molar-refractivity contribution in [1.29, 1.82) is 0 Å². The zero-order chi connectivity index (χ0) is 14.4. The van der Waals surface area contributed by atoms with Crippen molar-refractivity contribution in [3.05, 3.63) is 40.9 Å². The monoisotopic (exact) mass is 307 g/mol. The molecule has 0 radical (unpaired) electrons. The summed E-state index contributed by atoms with van der Waals surface area (Å²) in [6.07, 6.45) is 0.324. The van der Waals surface area contributed by atoms with Crippen LogP contribution >= 0.6 is 23.1 Å². The lowest BCUT2D eigenvalue weighted by atomic mass is 10.2. The number of rotatable bonds is 7. The third-order valence-electron chi connectivity index (χ3n) is 2.83. The van der Waals surface area contributed by atoms with Crippen molar-refractivity contribution >= 4 is 23.1 Å². The standard InChI is InChI=1S/C16H21NOS2/c1-12(2)18-9-10-19-11-15-13(3)17-16(20-15)14-7-5-4-6-8-14/h4-8,12H,9-11H2,1-3H3. The zero-order valence-electron chi connectivity index (χ0n) is 12.3. The Balaban J connectivity index is 1.88. The van der Waals surface area contributed by atoms with Gasteiger partial charge in [-0.2, -0.15) is 11.8 Å². The second-order valence-electron chi connectivity index (χ2n) is 4.87. The summed E-state index contributed by atoms with van der Waals surface area (Å²) in [5.41, 5.74) is 2.37. The lowest BCUT2D eigenvalue weighted by molar-refractivity contribution is 0.0920. The molecular weight excluding hydrogens is 286 g/mol. The fraction of sp³-hybridized carbons (Fsp3) is 0.438.